The van der Waals surface area contributed by atoms with Gasteiger partial charge in [-0.3, -0.25) is 0 Å². The fraction of sp³-hybridized carbons (Fsp3) is 0.520. The third-order valence-electron chi connectivity index (χ3n) is 5.74. The molecule has 10 nitrogen and oxygen atoms in total. The van der Waals surface area contributed by atoms with E-state index in [1.54, 1.807) is 31.4 Å². The Bertz CT molecular complexity index is 936. The molecule has 0 radical (unpaired) electrons. The molecule has 1 heterocycles. The molecule has 0 aromatic heterocycles. The molecule has 0 unspecified atom stereocenters. The molecule has 0 aliphatic carbocycles. The number of aryl methyl sites for hydroxylation is 1. The van der Waals surface area contributed by atoms with Crippen molar-refractivity contribution < 1.29 is 49.2 Å². The first-order valence-corrected chi connectivity index (χ1v) is 11.4. The predicted octanol–water partition coefficient (Wildman–Crippen LogP) is 0.429. The lowest BCUT2D eigenvalue weighted by Crippen LogP contribution is -2.54. The maximum atomic E-state index is 10.1. The second-order valence-electron chi connectivity index (χ2n) is 8.29. The average Bonchev–Trinajstić information content (AvgIpc) is 2.88. The van der Waals surface area contributed by atoms with Crippen molar-refractivity contribution in [3.05, 3.63) is 47.5 Å². The molecule has 3 rings (SSSR count). The van der Waals surface area contributed by atoms with E-state index in [0.29, 0.717) is 36.5 Å². The van der Waals surface area contributed by atoms with E-state index in [2.05, 4.69) is 0 Å². The summed E-state index contributed by atoms with van der Waals surface area (Å²) in [7, 11) is 3.01. The van der Waals surface area contributed by atoms with E-state index >= 15 is 0 Å². The topological polar surface area (TPSA) is 147 Å². The van der Waals surface area contributed by atoms with Gasteiger partial charge in [-0.1, -0.05) is 12.1 Å². The molecular formula is C25H34O10. The second-order valence-corrected chi connectivity index (χ2v) is 8.29. The highest BCUT2D eigenvalue weighted by Crippen LogP contribution is 2.33. The Balaban J connectivity index is 1.68. The lowest BCUT2D eigenvalue weighted by atomic mass is 10.1. The van der Waals surface area contributed by atoms with Crippen molar-refractivity contribution in [1.82, 2.24) is 0 Å². The molecule has 0 saturated carbocycles. The van der Waals surface area contributed by atoms with Gasteiger partial charge in [0.25, 0.3) is 0 Å². The van der Waals surface area contributed by atoms with Crippen LogP contribution in [0.15, 0.2) is 36.4 Å². The molecule has 2 aromatic rings. The van der Waals surface area contributed by atoms with Crippen LogP contribution in [0, 0.1) is 0 Å². The van der Waals surface area contributed by atoms with Crippen molar-refractivity contribution >= 4 is 0 Å². The van der Waals surface area contributed by atoms with Gasteiger partial charge in [-0.15, -0.1) is 0 Å². The number of methoxy groups -OCH3 is 2. The van der Waals surface area contributed by atoms with Crippen LogP contribution in [0.25, 0.3) is 0 Å². The fourth-order valence-electron chi connectivity index (χ4n) is 3.78. The minimum absolute atomic E-state index is 0.111. The summed E-state index contributed by atoms with van der Waals surface area (Å²) in [6.07, 6.45) is -4.03. The van der Waals surface area contributed by atoms with Crippen LogP contribution in [-0.2, 0) is 17.6 Å². The van der Waals surface area contributed by atoms with Crippen molar-refractivity contribution in [2.24, 2.45) is 0 Å². The Morgan fingerprint density at radius 3 is 2.23 bits per heavy atom. The van der Waals surface area contributed by atoms with E-state index in [1.807, 2.05) is 12.1 Å². The molecule has 2 aromatic carbocycles. The Labute approximate surface area is 204 Å². The number of aliphatic hydroxyl groups excluding tert-OH is 5. The van der Waals surface area contributed by atoms with Crippen LogP contribution in [0.4, 0.5) is 0 Å². The highest BCUT2D eigenvalue weighted by Gasteiger charge is 2.39. The van der Waals surface area contributed by atoms with Crippen LogP contribution in [0.2, 0.25) is 0 Å². The van der Waals surface area contributed by atoms with Crippen molar-refractivity contribution in [3.63, 3.8) is 0 Å². The summed E-state index contributed by atoms with van der Waals surface area (Å²) in [6, 6.07) is 10.6. The predicted molar refractivity (Wildman–Crippen MR) is 125 cm³/mol. The van der Waals surface area contributed by atoms with Crippen LogP contribution >= 0.6 is 0 Å². The van der Waals surface area contributed by atoms with Crippen molar-refractivity contribution in [3.8, 4) is 23.0 Å². The molecule has 10 heteroatoms. The van der Waals surface area contributed by atoms with E-state index in [4.69, 9.17) is 28.8 Å². The van der Waals surface area contributed by atoms with Gasteiger partial charge in [0.2, 0.25) is 6.29 Å². The van der Waals surface area contributed by atoms with E-state index in [9.17, 15) is 20.4 Å². The van der Waals surface area contributed by atoms with E-state index < -0.39 is 30.7 Å². The lowest BCUT2D eigenvalue weighted by molar-refractivity contribution is -0.242. The summed E-state index contributed by atoms with van der Waals surface area (Å²) in [5, 5.41) is 48.5. The first kappa shape index (κ1) is 27.0. The summed E-state index contributed by atoms with van der Waals surface area (Å²) in [5.74, 6) is 1.68. The SMILES string of the molecule is COc1cc(CCCO)ccc1O[C@@H](CO)Cc1ccc(O[C@@H]2OC[C@@H](O)[C@H](O)[C@H]2O)c(OC)c1. The molecular weight excluding hydrogens is 460 g/mol. The van der Waals surface area contributed by atoms with Crippen molar-refractivity contribution in [2.45, 2.75) is 50.0 Å². The first-order chi connectivity index (χ1) is 16.9. The van der Waals surface area contributed by atoms with Gasteiger partial charge < -0.3 is 49.2 Å². The van der Waals surface area contributed by atoms with Gasteiger partial charge in [0.1, 0.15) is 24.4 Å². The van der Waals surface area contributed by atoms with Gasteiger partial charge in [0, 0.05) is 13.0 Å². The Hall–Kier alpha value is -2.60. The Morgan fingerprint density at radius 1 is 0.886 bits per heavy atom. The van der Waals surface area contributed by atoms with Crippen LogP contribution < -0.4 is 18.9 Å². The molecule has 1 aliphatic heterocycles. The summed E-state index contributed by atoms with van der Waals surface area (Å²) < 4.78 is 27.8. The largest absolute Gasteiger partial charge is 0.493 e. The number of ether oxygens (including phenoxy) is 5. The first-order valence-electron chi connectivity index (χ1n) is 11.4. The van der Waals surface area contributed by atoms with E-state index in [-0.39, 0.29) is 25.6 Å². The van der Waals surface area contributed by atoms with Crippen molar-refractivity contribution in [1.29, 1.82) is 0 Å². The number of rotatable bonds is 12. The van der Waals surface area contributed by atoms with Gasteiger partial charge in [-0.25, -0.2) is 0 Å². The molecule has 0 spiro atoms. The molecule has 35 heavy (non-hydrogen) atoms. The lowest BCUT2D eigenvalue weighted by Gasteiger charge is -2.35. The zero-order valence-corrected chi connectivity index (χ0v) is 19.9. The molecule has 5 atom stereocenters. The third kappa shape index (κ3) is 6.97. The van der Waals surface area contributed by atoms with E-state index in [1.165, 1.54) is 7.11 Å². The summed E-state index contributed by atoms with van der Waals surface area (Å²) >= 11 is 0. The highest BCUT2D eigenvalue weighted by molar-refractivity contribution is 5.44. The minimum atomic E-state index is -1.43. The zero-order valence-electron chi connectivity index (χ0n) is 19.9. The standard InChI is InChI=1S/C25H34O10/c1-31-21-11-15(4-3-9-26)5-7-19(21)34-17(13-27)10-16-6-8-20(22(12-16)32-2)35-25-24(30)23(29)18(28)14-33-25/h5-8,11-12,17-18,23-30H,3-4,9-10,13-14H2,1-2H3/t17-,18-,23+,24-,25+/m1/s1. The second kappa shape index (κ2) is 12.9. The fourth-order valence-corrected chi connectivity index (χ4v) is 3.78. The summed E-state index contributed by atoms with van der Waals surface area (Å²) in [5.41, 5.74) is 1.81. The molecule has 5 N–H and O–H groups in total. The Morgan fingerprint density at radius 2 is 1.54 bits per heavy atom. The average molecular weight is 495 g/mol. The smallest absolute Gasteiger partial charge is 0.229 e. The molecule has 1 aliphatic rings. The quantitative estimate of drug-likeness (QED) is 0.281. The summed E-state index contributed by atoms with van der Waals surface area (Å²) in [4.78, 5) is 0. The molecule has 0 amide bonds. The van der Waals surface area contributed by atoms with Gasteiger partial charge in [0.05, 0.1) is 27.4 Å². The third-order valence-corrected chi connectivity index (χ3v) is 5.74. The van der Waals surface area contributed by atoms with Gasteiger partial charge in [-0.05, 0) is 48.2 Å². The monoisotopic (exact) mass is 494 g/mol. The number of benzene rings is 2. The normalized spacial score (nSPS) is 22.9. The van der Waals surface area contributed by atoms with Crippen LogP contribution in [0.1, 0.15) is 17.5 Å². The summed E-state index contributed by atoms with van der Waals surface area (Å²) in [6.45, 7) is -0.303. The zero-order chi connectivity index (χ0) is 25.4. The van der Waals surface area contributed by atoms with Crippen LogP contribution in [0.5, 0.6) is 23.0 Å². The molecule has 1 fully saturated rings. The van der Waals surface area contributed by atoms with Crippen molar-refractivity contribution in [2.75, 3.05) is 34.0 Å². The van der Waals surface area contributed by atoms with Crippen LogP contribution in [-0.4, -0.2) is 90.3 Å². The number of hydrogen-bond acceptors (Lipinski definition) is 10. The van der Waals surface area contributed by atoms with E-state index in [0.717, 1.165) is 11.1 Å². The molecule has 0 bridgehead atoms. The minimum Gasteiger partial charge on any atom is -0.493 e. The molecule has 1 saturated heterocycles. The van der Waals surface area contributed by atoms with Crippen LogP contribution in [0.3, 0.4) is 0 Å². The Kier molecular flexibility index (Phi) is 9.96. The number of hydrogen-bond donors (Lipinski definition) is 5. The maximum absolute atomic E-state index is 10.1. The highest BCUT2D eigenvalue weighted by atomic mass is 16.7. The molecule has 194 valence electrons. The maximum Gasteiger partial charge on any atom is 0.229 e. The van der Waals surface area contributed by atoms with Gasteiger partial charge in [0.15, 0.2) is 23.0 Å². The number of aliphatic hydroxyl groups is 5. The van der Waals surface area contributed by atoms with Gasteiger partial charge >= 0.3 is 0 Å². The van der Waals surface area contributed by atoms with Gasteiger partial charge in [-0.2, -0.15) is 0 Å².